The number of hydrogen-bond acceptors (Lipinski definition) is 6. The first-order valence-corrected chi connectivity index (χ1v) is 9.99. The van der Waals surface area contributed by atoms with Crippen LogP contribution in [0.5, 0.6) is 5.75 Å². The average Bonchev–Trinajstić information content (AvgIpc) is 2.93. The first kappa shape index (κ1) is 21.5. The lowest BCUT2D eigenvalue weighted by Crippen LogP contribution is -2.27. The second-order valence-corrected chi connectivity index (χ2v) is 7.95. The molecule has 1 aromatic heterocycles. The molecule has 8 nitrogen and oxygen atoms in total. The molecule has 0 saturated carbocycles. The number of ether oxygens (including phenoxy) is 2. The van der Waals surface area contributed by atoms with Crippen LogP contribution < -0.4 is 10.1 Å². The number of benzene rings is 1. The van der Waals surface area contributed by atoms with Crippen molar-refractivity contribution in [1.29, 1.82) is 0 Å². The van der Waals surface area contributed by atoms with E-state index in [1.165, 1.54) is 13.0 Å². The van der Waals surface area contributed by atoms with Gasteiger partial charge in [0.05, 0.1) is 17.8 Å². The van der Waals surface area contributed by atoms with Crippen molar-refractivity contribution < 1.29 is 23.9 Å². The number of nitrogens with zero attached hydrogens (tertiary/aromatic N) is 2. The van der Waals surface area contributed by atoms with Crippen molar-refractivity contribution in [2.75, 3.05) is 11.9 Å². The maximum Gasteiger partial charge on any atom is 0.311 e. The van der Waals surface area contributed by atoms with Crippen molar-refractivity contribution in [2.24, 2.45) is 5.92 Å². The van der Waals surface area contributed by atoms with Crippen LogP contribution in [0.25, 0.3) is 0 Å². The minimum absolute atomic E-state index is 0.0547. The molecular weight excluding hydrogens is 386 g/mol. The van der Waals surface area contributed by atoms with Crippen LogP contribution >= 0.6 is 0 Å². The van der Waals surface area contributed by atoms with Crippen LogP contribution in [-0.2, 0) is 27.3 Å². The van der Waals surface area contributed by atoms with Crippen LogP contribution in [0.3, 0.4) is 0 Å². The zero-order valence-corrected chi connectivity index (χ0v) is 17.9. The molecular formula is C22H27N3O5. The van der Waals surface area contributed by atoms with Crippen molar-refractivity contribution in [3.8, 4) is 5.75 Å². The number of esters is 1. The summed E-state index contributed by atoms with van der Waals surface area (Å²) in [6, 6.07) is 4.74. The summed E-state index contributed by atoms with van der Waals surface area (Å²) < 4.78 is 12.6. The quantitative estimate of drug-likeness (QED) is 0.553. The fraction of sp³-hybridized carbons (Fsp3) is 0.455. The third-order valence-corrected chi connectivity index (χ3v) is 4.96. The minimum Gasteiger partial charge on any atom is -0.482 e. The van der Waals surface area contributed by atoms with E-state index in [9.17, 15) is 14.4 Å². The topological polar surface area (TPSA) is 99.5 Å². The predicted molar refractivity (Wildman–Crippen MR) is 111 cm³/mol. The molecule has 0 saturated heterocycles. The number of carbonyl (C=O) groups excluding carboxylic acids is 3. The van der Waals surface area contributed by atoms with Crippen molar-refractivity contribution in [2.45, 2.75) is 53.7 Å². The van der Waals surface area contributed by atoms with Gasteiger partial charge in [-0.1, -0.05) is 13.8 Å². The van der Waals surface area contributed by atoms with Gasteiger partial charge in [-0.25, -0.2) is 0 Å². The largest absolute Gasteiger partial charge is 0.482 e. The predicted octanol–water partition coefficient (Wildman–Crippen LogP) is 2.84. The molecule has 1 atom stereocenters. The molecule has 0 radical (unpaired) electrons. The molecule has 30 heavy (non-hydrogen) atoms. The van der Waals surface area contributed by atoms with Crippen LogP contribution in [-0.4, -0.2) is 40.2 Å². The SMILES string of the molecule is Cc1nn(CC(C)C)c(C)c1CC(=O)OC(C)C(=O)c1ccc2c(c1)NC(=O)CO2. The van der Waals surface area contributed by atoms with Crippen molar-refractivity contribution in [3.63, 3.8) is 0 Å². The molecule has 3 rings (SSSR count). The van der Waals surface area contributed by atoms with E-state index in [2.05, 4.69) is 24.3 Å². The number of aryl methyl sites for hydroxylation is 1. The molecule has 160 valence electrons. The lowest BCUT2D eigenvalue weighted by molar-refractivity contribution is -0.145. The van der Waals surface area contributed by atoms with Gasteiger partial charge in [0, 0.05) is 23.4 Å². The summed E-state index contributed by atoms with van der Waals surface area (Å²) in [6.45, 7) is 10.3. The van der Waals surface area contributed by atoms with Crippen molar-refractivity contribution in [1.82, 2.24) is 9.78 Å². The fourth-order valence-electron chi connectivity index (χ4n) is 3.42. The molecule has 2 heterocycles. The van der Waals surface area contributed by atoms with Gasteiger partial charge < -0.3 is 14.8 Å². The Hall–Kier alpha value is -3.16. The molecule has 8 heteroatoms. The van der Waals surface area contributed by atoms with Crippen LogP contribution in [0.4, 0.5) is 5.69 Å². The highest BCUT2D eigenvalue weighted by Gasteiger charge is 2.24. The van der Waals surface area contributed by atoms with E-state index in [1.54, 1.807) is 12.1 Å². The van der Waals surface area contributed by atoms with E-state index in [0.717, 1.165) is 23.5 Å². The number of hydrogen-bond donors (Lipinski definition) is 1. The highest BCUT2D eigenvalue weighted by molar-refractivity contribution is 6.03. The second kappa shape index (κ2) is 8.69. The Kier molecular flexibility index (Phi) is 6.24. The van der Waals surface area contributed by atoms with E-state index in [1.807, 2.05) is 18.5 Å². The molecule has 0 aliphatic carbocycles. The van der Waals surface area contributed by atoms with Gasteiger partial charge in [-0.2, -0.15) is 5.10 Å². The van der Waals surface area contributed by atoms with Crippen LogP contribution in [0.15, 0.2) is 18.2 Å². The summed E-state index contributed by atoms with van der Waals surface area (Å²) in [5, 5.41) is 7.17. The Morgan fingerprint density at radius 1 is 1.27 bits per heavy atom. The summed E-state index contributed by atoms with van der Waals surface area (Å²) in [7, 11) is 0. The van der Waals surface area contributed by atoms with Gasteiger partial charge in [0.15, 0.2) is 12.7 Å². The number of Topliss-reactive ketones (excluding diaryl/α,β-unsaturated/α-hetero) is 1. The third-order valence-electron chi connectivity index (χ3n) is 4.96. The Morgan fingerprint density at radius 2 is 2.00 bits per heavy atom. The summed E-state index contributed by atoms with van der Waals surface area (Å²) in [5.41, 5.74) is 3.31. The maximum absolute atomic E-state index is 12.7. The van der Waals surface area contributed by atoms with E-state index in [4.69, 9.17) is 9.47 Å². The van der Waals surface area contributed by atoms with E-state index >= 15 is 0 Å². The van der Waals surface area contributed by atoms with Gasteiger partial charge in [-0.15, -0.1) is 0 Å². The number of ketones is 1. The van der Waals surface area contributed by atoms with E-state index < -0.39 is 12.1 Å². The number of fused-ring (bicyclic) bond motifs is 1. The molecule has 1 amide bonds. The van der Waals surface area contributed by atoms with Crippen LogP contribution in [0, 0.1) is 19.8 Å². The summed E-state index contributed by atoms with van der Waals surface area (Å²) >= 11 is 0. The standard InChI is InChI=1S/C22H27N3O5/c1-12(2)10-25-14(4)17(13(3)24-25)9-21(27)30-15(5)22(28)16-6-7-19-18(8-16)23-20(26)11-29-19/h6-8,12,15H,9-11H2,1-5H3,(H,23,26). The van der Waals surface area contributed by atoms with Crippen molar-refractivity contribution >= 4 is 23.3 Å². The Balaban J connectivity index is 1.66. The van der Waals surface area contributed by atoms with Crippen LogP contribution in [0.2, 0.25) is 0 Å². The number of anilines is 1. The molecule has 1 aromatic carbocycles. The number of carbonyl (C=O) groups is 3. The normalized spacial score (nSPS) is 14.0. The van der Waals surface area contributed by atoms with E-state index in [-0.39, 0.29) is 24.7 Å². The first-order valence-electron chi connectivity index (χ1n) is 9.99. The molecule has 2 aromatic rings. The number of nitrogens with one attached hydrogen (secondary N) is 1. The third kappa shape index (κ3) is 4.69. The first-order chi connectivity index (χ1) is 14.2. The zero-order valence-electron chi connectivity index (χ0n) is 17.9. The number of amides is 1. The molecule has 1 aliphatic rings. The second-order valence-electron chi connectivity index (χ2n) is 7.95. The zero-order chi connectivity index (χ0) is 22.0. The van der Waals surface area contributed by atoms with Gasteiger partial charge in [0.1, 0.15) is 5.75 Å². The van der Waals surface area contributed by atoms with Gasteiger partial charge in [0.25, 0.3) is 5.91 Å². The van der Waals surface area contributed by atoms with Gasteiger partial charge in [0.2, 0.25) is 5.78 Å². The average molecular weight is 413 g/mol. The summed E-state index contributed by atoms with van der Waals surface area (Å²) in [4.78, 5) is 36.7. The lowest BCUT2D eigenvalue weighted by atomic mass is 10.1. The highest BCUT2D eigenvalue weighted by Crippen LogP contribution is 2.29. The molecule has 0 spiro atoms. The Morgan fingerprint density at radius 3 is 2.70 bits per heavy atom. The number of aromatic nitrogens is 2. The smallest absolute Gasteiger partial charge is 0.311 e. The molecule has 1 aliphatic heterocycles. The monoisotopic (exact) mass is 413 g/mol. The van der Waals surface area contributed by atoms with Gasteiger partial charge in [-0.05, 0) is 44.9 Å². The Bertz CT molecular complexity index is 993. The van der Waals surface area contributed by atoms with Crippen molar-refractivity contribution in [3.05, 3.63) is 40.7 Å². The highest BCUT2D eigenvalue weighted by atomic mass is 16.5. The fourth-order valence-corrected chi connectivity index (χ4v) is 3.42. The van der Waals surface area contributed by atoms with Gasteiger partial charge in [-0.3, -0.25) is 19.1 Å². The maximum atomic E-state index is 12.7. The minimum atomic E-state index is -0.956. The van der Waals surface area contributed by atoms with Gasteiger partial charge >= 0.3 is 5.97 Å². The van der Waals surface area contributed by atoms with E-state index in [0.29, 0.717) is 22.9 Å². The molecule has 0 fully saturated rings. The summed E-state index contributed by atoms with van der Waals surface area (Å²) in [5.74, 6) is -0.182. The molecule has 1 N–H and O–H groups in total. The number of rotatable bonds is 7. The Labute approximate surface area is 175 Å². The molecule has 1 unspecified atom stereocenters. The molecule has 0 bridgehead atoms. The van der Waals surface area contributed by atoms with Crippen LogP contribution in [0.1, 0.15) is 48.1 Å². The summed E-state index contributed by atoms with van der Waals surface area (Å²) in [6.07, 6.45) is -0.899. The lowest BCUT2D eigenvalue weighted by Gasteiger charge is -2.19.